The zero-order valence-corrected chi connectivity index (χ0v) is 12.9. The van der Waals surface area contributed by atoms with E-state index in [2.05, 4.69) is 10.2 Å². The minimum Gasteiger partial charge on any atom is -0.454 e. The molecular formula is C15H20N2O3S. The van der Waals surface area contributed by atoms with E-state index in [0.29, 0.717) is 6.54 Å². The summed E-state index contributed by atoms with van der Waals surface area (Å²) in [5.41, 5.74) is 1.03. The van der Waals surface area contributed by atoms with Crippen molar-refractivity contribution in [2.75, 3.05) is 37.9 Å². The highest BCUT2D eigenvalue weighted by Gasteiger charge is 2.18. The fourth-order valence-corrected chi connectivity index (χ4v) is 3.49. The standard InChI is InChI=1S/C15H20N2O3S/c1-11(12-2-3-13-14(8-12)20-10-19-13)16-15(18)9-17-4-6-21-7-5-17/h2-3,8,11H,4-7,9-10H2,1H3,(H,16,18). The number of amides is 1. The van der Waals surface area contributed by atoms with Crippen LogP contribution in [0.3, 0.4) is 0 Å². The zero-order valence-electron chi connectivity index (χ0n) is 12.1. The molecule has 6 heteroatoms. The number of nitrogens with one attached hydrogen (secondary N) is 1. The summed E-state index contributed by atoms with van der Waals surface area (Å²) in [6.45, 7) is 4.73. The van der Waals surface area contributed by atoms with Crippen molar-refractivity contribution in [1.82, 2.24) is 10.2 Å². The second kappa shape index (κ2) is 6.58. The number of carbonyl (C=O) groups excluding carboxylic acids is 1. The normalized spacial score (nSPS) is 19.3. The molecule has 0 saturated carbocycles. The van der Waals surface area contributed by atoms with E-state index in [4.69, 9.17) is 9.47 Å². The van der Waals surface area contributed by atoms with Crippen LogP contribution >= 0.6 is 11.8 Å². The van der Waals surface area contributed by atoms with E-state index in [9.17, 15) is 4.79 Å². The molecule has 2 aliphatic rings. The lowest BCUT2D eigenvalue weighted by Crippen LogP contribution is -2.41. The minimum atomic E-state index is -0.0360. The average Bonchev–Trinajstić information content (AvgIpc) is 2.95. The third-order valence-corrected chi connectivity index (χ3v) is 4.69. The molecule has 0 spiro atoms. The van der Waals surface area contributed by atoms with Crippen LogP contribution in [0.1, 0.15) is 18.5 Å². The maximum absolute atomic E-state index is 12.1. The first-order valence-corrected chi connectivity index (χ1v) is 8.37. The first-order chi connectivity index (χ1) is 10.2. The van der Waals surface area contributed by atoms with Crippen LogP contribution in [0, 0.1) is 0 Å². The quantitative estimate of drug-likeness (QED) is 0.916. The second-order valence-electron chi connectivity index (χ2n) is 5.29. The molecule has 21 heavy (non-hydrogen) atoms. The van der Waals surface area contributed by atoms with Crippen LogP contribution in [0.15, 0.2) is 18.2 Å². The molecule has 2 heterocycles. The lowest BCUT2D eigenvalue weighted by Gasteiger charge is -2.26. The van der Waals surface area contributed by atoms with Crippen molar-refractivity contribution in [2.24, 2.45) is 0 Å². The lowest BCUT2D eigenvalue weighted by molar-refractivity contribution is -0.122. The van der Waals surface area contributed by atoms with E-state index in [1.54, 1.807) is 0 Å². The summed E-state index contributed by atoms with van der Waals surface area (Å²) in [5.74, 6) is 3.83. The SMILES string of the molecule is CC(NC(=O)CN1CCSCC1)c1ccc2c(c1)OCO2. The monoisotopic (exact) mass is 308 g/mol. The number of carbonyl (C=O) groups is 1. The molecule has 114 valence electrons. The first-order valence-electron chi connectivity index (χ1n) is 7.21. The van der Waals surface area contributed by atoms with Gasteiger partial charge in [0.2, 0.25) is 12.7 Å². The van der Waals surface area contributed by atoms with Crippen molar-refractivity contribution >= 4 is 17.7 Å². The highest BCUT2D eigenvalue weighted by Crippen LogP contribution is 2.34. The van der Waals surface area contributed by atoms with Gasteiger partial charge in [0.15, 0.2) is 11.5 Å². The minimum absolute atomic E-state index is 0.0360. The van der Waals surface area contributed by atoms with Gasteiger partial charge in [0.05, 0.1) is 12.6 Å². The molecule has 1 aromatic carbocycles. The number of thioether (sulfide) groups is 1. The van der Waals surface area contributed by atoms with E-state index in [0.717, 1.165) is 41.7 Å². The van der Waals surface area contributed by atoms with Gasteiger partial charge in [-0.25, -0.2) is 0 Å². The Morgan fingerprint density at radius 2 is 2.10 bits per heavy atom. The van der Waals surface area contributed by atoms with Gasteiger partial charge in [0, 0.05) is 24.6 Å². The predicted molar refractivity (Wildman–Crippen MR) is 82.9 cm³/mol. The summed E-state index contributed by atoms with van der Waals surface area (Å²) < 4.78 is 10.7. The molecule has 5 nitrogen and oxygen atoms in total. The molecule has 1 saturated heterocycles. The second-order valence-corrected chi connectivity index (χ2v) is 6.52. The van der Waals surface area contributed by atoms with Gasteiger partial charge in [-0.15, -0.1) is 0 Å². The number of ether oxygens (including phenoxy) is 2. The van der Waals surface area contributed by atoms with Crippen LogP contribution in [0.4, 0.5) is 0 Å². The highest BCUT2D eigenvalue weighted by atomic mass is 32.2. The number of fused-ring (bicyclic) bond motifs is 1. The topological polar surface area (TPSA) is 50.8 Å². The van der Waals surface area contributed by atoms with Crippen molar-refractivity contribution in [3.63, 3.8) is 0 Å². The molecule has 0 bridgehead atoms. The maximum Gasteiger partial charge on any atom is 0.234 e. The van der Waals surface area contributed by atoms with Crippen molar-refractivity contribution in [1.29, 1.82) is 0 Å². The largest absolute Gasteiger partial charge is 0.454 e. The van der Waals surface area contributed by atoms with Crippen LogP contribution in [-0.4, -0.2) is 48.7 Å². The van der Waals surface area contributed by atoms with Gasteiger partial charge in [0.1, 0.15) is 0 Å². The summed E-state index contributed by atoms with van der Waals surface area (Å²) in [6.07, 6.45) is 0. The Bertz CT molecular complexity index is 518. The zero-order chi connectivity index (χ0) is 14.7. The van der Waals surface area contributed by atoms with Crippen LogP contribution < -0.4 is 14.8 Å². The molecule has 0 aromatic heterocycles. The van der Waals surface area contributed by atoms with E-state index < -0.39 is 0 Å². The van der Waals surface area contributed by atoms with Gasteiger partial charge < -0.3 is 14.8 Å². The van der Waals surface area contributed by atoms with Crippen LogP contribution in [-0.2, 0) is 4.79 Å². The Kier molecular flexibility index (Phi) is 4.55. The summed E-state index contributed by atoms with van der Waals surface area (Å²) in [5, 5.41) is 3.05. The Morgan fingerprint density at radius 1 is 1.33 bits per heavy atom. The van der Waals surface area contributed by atoms with E-state index in [1.807, 2.05) is 36.9 Å². The van der Waals surface area contributed by atoms with Crippen LogP contribution in [0.25, 0.3) is 0 Å². The van der Waals surface area contributed by atoms with Crippen molar-refractivity contribution in [3.8, 4) is 11.5 Å². The fraction of sp³-hybridized carbons (Fsp3) is 0.533. The van der Waals surface area contributed by atoms with Gasteiger partial charge in [-0.2, -0.15) is 11.8 Å². The van der Waals surface area contributed by atoms with Crippen LogP contribution in [0.5, 0.6) is 11.5 Å². The first kappa shape index (κ1) is 14.5. The number of nitrogens with zero attached hydrogens (tertiary/aromatic N) is 1. The molecule has 0 radical (unpaired) electrons. The molecule has 2 aliphatic heterocycles. The molecular weight excluding hydrogens is 288 g/mol. The average molecular weight is 308 g/mol. The molecule has 0 aliphatic carbocycles. The lowest BCUT2D eigenvalue weighted by atomic mass is 10.1. The third kappa shape index (κ3) is 3.63. The molecule has 1 atom stereocenters. The predicted octanol–water partition coefficient (Wildman–Crippen LogP) is 1.64. The Labute approximate surface area is 129 Å². The van der Waals surface area contributed by atoms with E-state index >= 15 is 0 Å². The van der Waals surface area contributed by atoms with Gasteiger partial charge in [0.25, 0.3) is 0 Å². The van der Waals surface area contributed by atoms with Gasteiger partial charge >= 0.3 is 0 Å². The summed E-state index contributed by atoms with van der Waals surface area (Å²) in [4.78, 5) is 14.3. The van der Waals surface area contributed by atoms with Crippen molar-refractivity contribution in [2.45, 2.75) is 13.0 Å². The maximum atomic E-state index is 12.1. The van der Waals surface area contributed by atoms with E-state index in [1.165, 1.54) is 0 Å². The Hall–Kier alpha value is -1.40. The van der Waals surface area contributed by atoms with Gasteiger partial charge in [-0.05, 0) is 24.6 Å². The van der Waals surface area contributed by atoms with Crippen molar-refractivity contribution < 1.29 is 14.3 Å². The molecule has 1 amide bonds. The number of hydrogen-bond acceptors (Lipinski definition) is 5. The van der Waals surface area contributed by atoms with Gasteiger partial charge in [-0.3, -0.25) is 9.69 Å². The number of rotatable bonds is 4. The third-order valence-electron chi connectivity index (χ3n) is 3.75. The number of hydrogen-bond donors (Lipinski definition) is 1. The van der Waals surface area contributed by atoms with Crippen molar-refractivity contribution in [3.05, 3.63) is 23.8 Å². The smallest absolute Gasteiger partial charge is 0.234 e. The Morgan fingerprint density at radius 3 is 2.90 bits per heavy atom. The molecule has 3 rings (SSSR count). The molecule has 1 fully saturated rings. The van der Waals surface area contributed by atoms with Crippen LogP contribution in [0.2, 0.25) is 0 Å². The van der Waals surface area contributed by atoms with Gasteiger partial charge in [-0.1, -0.05) is 6.07 Å². The molecule has 1 unspecified atom stereocenters. The summed E-state index contributed by atoms with van der Waals surface area (Å²) in [6, 6.07) is 5.76. The van der Waals surface area contributed by atoms with E-state index in [-0.39, 0.29) is 18.7 Å². The summed E-state index contributed by atoms with van der Waals surface area (Å²) in [7, 11) is 0. The number of benzene rings is 1. The Balaban J connectivity index is 1.55. The summed E-state index contributed by atoms with van der Waals surface area (Å²) >= 11 is 1.95. The fourth-order valence-electron chi connectivity index (χ4n) is 2.52. The molecule has 1 N–H and O–H groups in total. The highest BCUT2D eigenvalue weighted by molar-refractivity contribution is 7.99. The molecule has 1 aromatic rings.